The third-order valence-corrected chi connectivity index (χ3v) is 5.11. The Balaban J connectivity index is 1.52. The predicted octanol–water partition coefficient (Wildman–Crippen LogP) is 2.73. The van der Waals surface area contributed by atoms with Crippen LogP contribution in [0.5, 0.6) is 0 Å². The van der Waals surface area contributed by atoms with Gasteiger partial charge < -0.3 is 5.32 Å². The van der Waals surface area contributed by atoms with E-state index in [4.69, 9.17) is 0 Å². The molecule has 1 heterocycles. The smallest absolute Gasteiger partial charge is 0.279 e. The minimum absolute atomic E-state index is 0.0169. The quantitative estimate of drug-likeness (QED) is 0.735. The van der Waals surface area contributed by atoms with Crippen molar-refractivity contribution in [2.75, 3.05) is 5.32 Å². The first-order valence-corrected chi connectivity index (χ1v) is 8.84. The first-order valence-electron chi connectivity index (χ1n) is 8.02. The van der Waals surface area contributed by atoms with E-state index >= 15 is 0 Å². The van der Waals surface area contributed by atoms with E-state index in [0.717, 1.165) is 11.3 Å². The number of benzene rings is 1. The van der Waals surface area contributed by atoms with E-state index in [1.807, 2.05) is 19.9 Å². The van der Waals surface area contributed by atoms with Gasteiger partial charge in [0.15, 0.2) is 0 Å². The van der Waals surface area contributed by atoms with E-state index in [1.54, 1.807) is 30.3 Å². The number of hydrogen-bond donors (Lipinski definition) is 3. The molecule has 0 bridgehead atoms. The molecule has 1 aliphatic carbocycles. The van der Waals surface area contributed by atoms with Gasteiger partial charge in [-0.05, 0) is 55.7 Å². The average Bonchev–Trinajstić information content (AvgIpc) is 3.17. The molecule has 1 fully saturated rings. The second kappa shape index (κ2) is 7.06. The van der Waals surface area contributed by atoms with Crippen LogP contribution >= 0.6 is 11.3 Å². The van der Waals surface area contributed by atoms with Gasteiger partial charge in [0.05, 0.1) is 4.88 Å². The first-order chi connectivity index (χ1) is 11.9. The number of anilines is 1. The Kier molecular flexibility index (Phi) is 4.85. The fraction of sp³-hybridized carbons (Fsp3) is 0.278. The molecule has 1 aliphatic rings. The van der Waals surface area contributed by atoms with Crippen molar-refractivity contribution in [1.82, 2.24) is 10.9 Å². The topological polar surface area (TPSA) is 87.3 Å². The van der Waals surface area contributed by atoms with Gasteiger partial charge in [-0.25, -0.2) is 0 Å². The number of rotatable bonds is 4. The monoisotopic (exact) mass is 357 g/mol. The molecule has 2 atom stereocenters. The summed E-state index contributed by atoms with van der Waals surface area (Å²) in [5.74, 6) is -0.215. The summed E-state index contributed by atoms with van der Waals surface area (Å²) in [6, 6.07) is 10.1. The van der Waals surface area contributed by atoms with Crippen LogP contribution in [-0.4, -0.2) is 17.7 Å². The molecule has 2 unspecified atom stereocenters. The van der Waals surface area contributed by atoms with Crippen molar-refractivity contribution in [3.8, 4) is 0 Å². The van der Waals surface area contributed by atoms with Gasteiger partial charge in [-0.2, -0.15) is 0 Å². The second-order valence-electron chi connectivity index (χ2n) is 6.20. The molecule has 1 aromatic heterocycles. The summed E-state index contributed by atoms with van der Waals surface area (Å²) in [6.45, 7) is 3.95. The molecule has 0 radical (unpaired) electrons. The Labute approximate surface area is 149 Å². The van der Waals surface area contributed by atoms with Crippen molar-refractivity contribution in [3.05, 3.63) is 51.7 Å². The number of carbonyl (C=O) groups excluding carboxylic acids is 3. The van der Waals surface area contributed by atoms with Crippen LogP contribution in [0, 0.1) is 18.8 Å². The molecule has 3 N–H and O–H groups in total. The van der Waals surface area contributed by atoms with Crippen LogP contribution in [0.15, 0.2) is 36.4 Å². The maximum absolute atomic E-state index is 12.1. The predicted molar refractivity (Wildman–Crippen MR) is 96.3 cm³/mol. The zero-order valence-electron chi connectivity index (χ0n) is 14.0. The molecule has 25 heavy (non-hydrogen) atoms. The fourth-order valence-electron chi connectivity index (χ4n) is 2.43. The van der Waals surface area contributed by atoms with Crippen LogP contribution in [0.1, 0.15) is 38.3 Å². The van der Waals surface area contributed by atoms with Gasteiger partial charge in [0.2, 0.25) is 5.91 Å². The van der Waals surface area contributed by atoms with Gasteiger partial charge >= 0.3 is 0 Å². The van der Waals surface area contributed by atoms with Crippen molar-refractivity contribution < 1.29 is 14.4 Å². The second-order valence-corrected chi connectivity index (χ2v) is 7.49. The minimum Gasteiger partial charge on any atom is -0.326 e. The largest absolute Gasteiger partial charge is 0.326 e. The Morgan fingerprint density at radius 3 is 2.20 bits per heavy atom. The van der Waals surface area contributed by atoms with Crippen molar-refractivity contribution in [1.29, 1.82) is 0 Å². The standard InChI is InChI=1S/C18H19N3O3S/c1-10-9-14(10)17(23)19-13-6-4-12(5-7-13)16(22)20-21-18(24)15-8-3-11(2)25-15/h3-8,10,14H,9H2,1-2H3,(H,19,23)(H,20,22)(H,21,24). The third kappa shape index (κ3) is 4.24. The van der Waals surface area contributed by atoms with E-state index in [-0.39, 0.29) is 17.7 Å². The molecule has 7 heteroatoms. The lowest BCUT2D eigenvalue weighted by Crippen LogP contribution is -2.41. The van der Waals surface area contributed by atoms with Gasteiger partial charge in [0.1, 0.15) is 0 Å². The first kappa shape index (κ1) is 17.2. The van der Waals surface area contributed by atoms with E-state index in [9.17, 15) is 14.4 Å². The summed E-state index contributed by atoms with van der Waals surface area (Å²) in [6.07, 6.45) is 0.926. The number of carbonyl (C=O) groups is 3. The molecule has 2 aromatic rings. The summed E-state index contributed by atoms with van der Waals surface area (Å²) in [4.78, 5) is 37.4. The van der Waals surface area contributed by atoms with E-state index in [1.165, 1.54) is 11.3 Å². The number of aryl methyl sites for hydroxylation is 1. The molecular formula is C18H19N3O3S. The molecular weight excluding hydrogens is 338 g/mol. The van der Waals surface area contributed by atoms with Crippen LogP contribution in [0.4, 0.5) is 5.69 Å². The van der Waals surface area contributed by atoms with Crippen molar-refractivity contribution in [3.63, 3.8) is 0 Å². The maximum Gasteiger partial charge on any atom is 0.279 e. The van der Waals surface area contributed by atoms with E-state index in [2.05, 4.69) is 16.2 Å². The normalized spacial score (nSPS) is 18.3. The highest BCUT2D eigenvalue weighted by Crippen LogP contribution is 2.38. The Morgan fingerprint density at radius 2 is 1.64 bits per heavy atom. The van der Waals surface area contributed by atoms with Crippen LogP contribution in [0.2, 0.25) is 0 Å². The summed E-state index contributed by atoms with van der Waals surface area (Å²) in [7, 11) is 0. The number of thiophene rings is 1. The maximum atomic E-state index is 12.1. The van der Waals surface area contributed by atoms with Crippen molar-refractivity contribution >= 4 is 34.7 Å². The van der Waals surface area contributed by atoms with Gasteiger partial charge in [-0.1, -0.05) is 6.92 Å². The van der Waals surface area contributed by atoms with Crippen LogP contribution in [0.25, 0.3) is 0 Å². The molecule has 1 aromatic carbocycles. The minimum atomic E-state index is -0.421. The lowest BCUT2D eigenvalue weighted by atomic mass is 10.2. The zero-order valence-corrected chi connectivity index (χ0v) is 14.8. The highest BCUT2D eigenvalue weighted by Gasteiger charge is 2.39. The molecule has 1 saturated carbocycles. The Morgan fingerprint density at radius 1 is 1.00 bits per heavy atom. The number of nitrogens with one attached hydrogen (secondary N) is 3. The van der Waals surface area contributed by atoms with E-state index in [0.29, 0.717) is 22.0 Å². The molecule has 3 amide bonds. The summed E-state index contributed by atoms with van der Waals surface area (Å²) >= 11 is 1.35. The molecule has 130 valence electrons. The number of amides is 3. The molecule has 0 aliphatic heterocycles. The highest BCUT2D eigenvalue weighted by molar-refractivity contribution is 7.13. The zero-order chi connectivity index (χ0) is 18.0. The molecule has 0 spiro atoms. The highest BCUT2D eigenvalue weighted by atomic mass is 32.1. The summed E-state index contributed by atoms with van der Waals surface area (Å²) < 4.78 is 0. The van der Waals surface area contributed by atoms with E-state index < -0.39 is 5.91 Å². The van der Waals surface area contributed by atoms with Gasteiger partial charge in [0.25, 0.3) is 11.8 Å². The van der Waals surface area contributed by atoms with Gasteiger partial charge in [-0.3, -0.25) is 25.2 Å². The number of hydrogen-bond acceptors (Lipinski definition) is 4. The Hall–Kier alpha value is -2.67. The molecule has 6 nitrogen and oxygen atoms in total. The van der Waals surface area contributed by atoms with Crippen molar-refractivity contribution in [2.45, 2.75) is 20.3 Å². The lowest BCUT2D eigenvalue weighted by molar-refractivity contribution is -0.117. The van der Waals surface area contributed by atoms with Crippen LogP contribution in [0.3, 0.4) is 0 Å². The van der Waals surface area contributed by atoms with Crippen molar-refractivity contribution in [2.24, 2.45) is 11.8 Å². The Bertz CT molecular complexity index is 813. The third-order valence-electron chi connectivity index (χ3n) is 4.11. The number of hydrazine groups is 1. The van der Waals surface area contributed by atoms with Crippen LogP contribution < -0.4 is 16.2 Å². The summed E-state index contributed by atoms with van der Waals surface area (Å²) in [5.41, 5.74) is 5.81. The lowest BCUT2D eigenvalue weighted by Gasteiger charge is -2.08. The molecule has 0 saturated heterocycles. The SMILES string of the molecule is Cc1ccc(C(=O)NNC(=O)c2ccc(NC(=O)C3CC3C)cc2)s1. The van der Waals surface area contributed by atoms with Crippen LogP contribution in [-0.2, 0) is 4.79 Å². The fourth-order valence-corrected chi connectivity index (χ4v) is 3.19. The van der Waals surface area contributed by atoms with Gasteiger partial charge in [0, 0.05) is 22.0 Å². The summed E-state index contributed by atoms with van der Waals surface area (Å²) in [5, 5.41) is 2.84. The van der Waals surface area contributed by atoms with Gasteiger partial charge in [-0.15, -0.1) is 11.3 Å². The average molecular weight is 357 g/mol. The molecule has 3 rings (SSSR count).